The first-order valence-electron chi connectivity index (χ1n) is 8.41. The number of hydrogen-bond donors (Lipinski definition) is 3. The standard InChI is InChI=1S/C21H18N2O4/c24-20(25)13-12-19(23-27)15-8-10-16(11-9-15)22-21(26)18-7-3-5-14-4-1-2-6-17(14)18/h1-11,27H,12-13H2,(H,22,26)(H,24,25). The number of aliphatic carboxylic acids is 1. The number of rotatable bonds is 6. The molecule has 0 aliphatic heterocycles. The number of benzene rings is 3. The number of carboxylic acid groups (broad SMARTS) is 1. The molecule has 3 aromatic rings. The van der Waals surface area contributed by atoms with Gasteiger partial charge >= 0.3 is 5.97 Å². The SMILES string of the molecule is O=C(O)CCC(=NO)c1ccc(NC(=O)c2cccc3ccccc23)cc1. The molecule has 0 bridgehead atoms. The molecule has 0 heterocycles. The molecule has 1 amide bonds. The quantitative estimate of drug-likeness (QED) is 0.349. The Labute approximate surface area is 155 Å². The van der Waals surface area contributed by atoms with Crippen molar-refractivity contribution in [2.24, 2.45) is 5.16 Å². The lowest BCUT2D eigenvalue weighted by atomic mass is 10.0. The minimum atomic E-state index is -0.963. The second kappa shape index (κ2) is 8.14. The predicted octanol–water partition coefficient (Wildman–Crippen LogP) is 4.14. The van der Waals surface area contributed by atoms with E-state index >= 15 is 0 Å². The fourth-order valence-corrected chi connectivity index (χ4v) is 2.85. The lowest BCUT2D eigenvalue weighted by molar-refractivity contribution is -0.136. The number of carboxylic acids is 1. The van der Waals surface area contributed by atoms with Crippen LogP contribution in [0.3, 0.4) is 0 Å². The van der Waals surface area contributed by atoms with E-state index in [0.717, 1.165) is 10.8 Å². The van der Waals surface area contributed by atoms with Crippen molar-refractivity contribution < 1.29 is 19.9 Å². The van der Waals surface area contributed by atoms with Crippen molar-refractivity contribution in [3.63, 3.8) is 0 Å². The second-order valence-electron chi connectivity index (χ2n) is 6.00. The van der Waals surface area contributed by atoms with Crippen molar-refractivity contribution in [3.8, 4) is 0 Å². The number of hydrogen-bond acceptors (Lipinski definition) is 4. The summed E-state index contributed by atoms with van der Waals surface area (Å²) in [5.41, 5.74) is 2.05. The third-order valence-electron chi connectivity index (χ3n) is 4.21. The predicted molar refractivity (Wildman–Crippen MR) is 104 cm³/mol. The fraction of sp³-hybridized carbons (Fsp3) is 0.0952. The molecule has 6 nitrogen and oxygen atoms in total. The van der Waals surface area contributed by atoms with E-state index in [0.29, 0.717) is 16.8 Å². The lowest BCUT2D eigenvalue weighted by Crippen LogP contribution is -2.12. The van der Waals surface area contributed by atoms with E-state index in [1.165, 1.54) is 0 Å². The Morgan fingerprint density at radius 1 is 0.889 bits per heavy atom. The largest absolute Gasteiger partial charge is 0.481 e. The summed E-state index contributed by atoms with van der Waals surface area (Å²) < 4.78 is 0. The van der Waals surface area contributed by atoms with Crippen LogP contribution in [-0.2, 0) is 4.79 Å². The molecule has 0 unspecified atom stereocenters. The molecule has 0 aromatic heterocycles. The molecular weight excluding hydrogens is 344 g/mol. The highest BCUT2D eigenvalue weighted by atomic mass is 16.4. The van der Waals surface area contributed by atoms with Crippen molar-refractivity contribution in [1.29, 1.82) is 0 Å². The van der Waals surface area contributed by atoms with Crippen molar-refractivity contribution in [3.05, 3.63) is 77.9 Å². The van der Waals surface area contributed by atoms with E-state index in [1.807, 2.05) is 36.4 Å². The van der Waals surface area contributed by atoms with E-state index in [1.54, 1.807) is 30.3 Å². The molecule has 0 fully saturated rings. The summed E-state index contributed by atoms with van der Waals surface area (Å²) in [7, 11) is 0. The summed E-state index contributed by atoms with van der Waals surface area (Å²) in [6, 6.07) is 20.0. The van der Waals surface area contributed by atoms with Crippen LogP contribution >= 0.6 is 0 Å². The third kappa shape index (κ3) is 4.30. The van der Waals surface area contributed by atoms with Crippen LogP contribution in [0.25, 0.3) is 10.8 Å². The van der Waals surface area contributed by atoms with Crippen LogP contribution in [0.4, 0.5) is 5.69 Å². The van der Waals surface area contributed by atoms with E-state index < -0.39 is 5.97 Å². The van der Waals surface area contributed by atoms with Gasteiger partial charge in [0, 0.05) is 17.7 Å². The highest BCUT2D eigenvalue weighted by molar-refractivity contribution is 6.13. The number of nitrogens with one attached hydrogen (secondary N) is 1. The highest BCUT2D eigenvalue weighted by Gasteiger charge is 2.11. The zero-order valence-electron chi connectivity index (χ0n) is 14.4. The molecule has 0 aliphatic carbocycles. The summed E-state index contributed by atoms with van der Waals surface area (Å²) in [6.07, 6.45) is -0.00743. The molecule has 27 heavy (non-hydrogen) atoms. The van der Waals surface area contributed by atoms with E-state index in [9.17, 15) is 9.59 Å². The Hall–Kier alpha value is -3.67. The Balaban J connectivity index is 1.76. The third-order valence-corrected chi connectivity index (χ3v) is 4.21. The molecule has 0 saturated heterocycles. The van der Waals surface area contributed by atoms with Crippen LogP contribution in [-0.4, -0.2) is 27.9 Å². The lowest BCUT2D eigenvalue weighted by Gasteiger charge is -2.09. The first-order chi connectivity index (χ1) is 13.1. The van der Waals surface area contributed by atoms with Gasteiger partial charge < -0.3 is 15.6 Å². The highest BCUT2D eigenvalue weighted by Crippen LogP contribution is 2.20. The smallest absolute Gasteiger partial charge is 0.303 e. The molecule has 3 rings (SSSR count). The number of amides is 1. The van der Waals surface area contributed by atoms with Crippen LogP contribution < -0.4 is 5.32 Å². The fourth-order valence-electron chi connectivity index (χ4n) is 2.85. The van der Waals surface area contributed by atoms with Crippen LogP contribution in [0.5, 0.6) is 0 Å². The molecule has 0 spiro atoms. The van der Waals surface area contributed by atoms with Crippen molar-refractivity contribution in [2.45, 2.75) is 12.8 Å². The first-order valence-corrected chi connectivity index (χ1v) is 8.41. The zero-order valence-corrected chi connectivity index (χ0v) is 14.4. The Morgan fingerprint density at radius 3 is 2.30 bits per heavy atom. The first kappa shape index (κ1) is 18.1. The number of fused-ring (bicyclic) bond motifs is 1. The Morgan fingerprint density at radius 2 is 1.59 bits per heavy atom. The number of carbonyl (C=O) groups excluding carboxylic acids is 1. The van der Waals surface area contributed by atoms with Crippen molar-refractivity contribution in [2.75, 3.05) is 5.32 Å². The molecule has 136 valence electrons. The molecule has 0 atom stereocenters. The van der Waals surface area contributed by atoms with Crippen LogP contribution in [0.1, 0.15) is 28.8 Å². The average Bonchev–Trinajstić information content (AvgIpc) is 2.69. The molecule has 3 aromatic carbocycles. The van der Waals surface area contributed by atoms with Gasteiger partial charge in [0.2, 0.25) is 0 Å². The van der Waals surface area contributed by atoms with Gasteiger partial charge in [-0.25, -0.2) is 0 Å². The van der Waals surface area contributed by atoms with Gasteiger partial charge in [0.15, 0.2) is 0 Å². The monoisotopic (exact) mass is 362 g/mol. The van der Waals surface area contributed by atoms with E-state index in [4.69, 9.17) is 10.3 Å². The molecular formula is C21H18N2O4. The molecule has 3 N–H and O–H groups in total. The summed E-state index contributed by atoms with van der Waals surface area (Å²) >= 11 is 0. The number of oxime groups is 1. The summed E-state index contributed by atoms with van der Waals surface area (Å²) in [4.78, 5) is 23.3. The van der Waals surface area contributed by atoms with Gasteiger partial charge in [0.1, 0.15) is 0 Å². The van der Waals surface area contributed by atoms with Gasteiger partial charge in [-0.05, 0) is 34.5 Å². The van der Waals surface area contributed by atoms with Gasteiger partial charge in [-0.1, -0.05) is 53.7 Å². The van der Waals surface area contributed by atoms with E-state index in [2.05, 4.69) is 10.5 Å². The molecule has 6 heteroatoms. The van der Waals surface area contributed by atoms with Gasteiger partial charge in [-0.2, -0.15) is 0 Å². The van der Waals surface area contributed by atoms with Crippen molar-refractivity contribution in [1.82, 2.24) is 0 Å². The minimum absolute atomic E-state index is 0.119. The van der Waals surface area contributed by atoms with Crippen LogP contribution in [0.2, 0.25) is 0 Å². The van der Waals surface area contributed by atoms with Gasteiger partial charge in [-0.3, -0.25) is 9.59 Å². The second-order valence-corrected chi connectivity index (χ2v) is 6.00. The van der Waals surface area contributed by atoms with Crippen LogP contribution in [0, 0.1) is 0 Å². The Bertz CT molecular complexity index is 1000. The Kier molecular flexibility index (Phi) is 5.47. The number of carbonyl (C=O) groups is 2. The normalized spacial score (nSPS) is 11.3. The van der Waals surface area contributed by atoms with E-state index in [-0.39, 0.29) is 24.5 Å². The summed E-state index contributed by atoms with van der Waals surface area (Å²) in [5, 5.41) is 25.7. The van der Waals surface area contributed by atoms with Gasteiger partial charge in [-0.15, -0.1) is 0 Å². The molecule has 0 aliphatic rings. The molecule has 0 radical (unpaired) electrons. The summed E-state index contributed by atoms with van der Waals surface area (Å²) in [5.74, 6) is -1.18. The number of nitrogens with zero attached hydrogens (tertiary/aromatic N) is 1. The zero-order chi connectivity index (χ0) is 19.2. The maximum absolute atomic E-state index is 12.6. The summed E-state index contributed by atoms with van der Waals surface area (Å²) in [6.45, 7) is 0. The topological polar surface area (TPSA) is 99.0 Å². The molecule has 0 saturated carbocycles. The average molecular weight is 362 g/mol. The minimum Gasteiger partial charge on any atom is -0.481 e. The number of anilines is 1. The maximum atomic E-state index is 12.6. The van der Waals surface area contributed by atoms with Crippen LogP contribution in [0.15, 0.2) is 71.9 Å². The van der Waals surface area contributed by atoms with Gasteiger partial charge in [0.05, 0.1) is 12.1 Å². The maximum Gasteiger partial charge on any atom is 0.303 e. The van der Waals surface area contributed by atoms with Gasteiger partial charge in [0.25, 0.3) is 5.91 Å². The van der Waals surface area contributed by atoms with Crippen molar-refractivity contribution >= 4 is 34.0 Å².